The second-order valence-corrected chi connectivity index (χ2v) is 7.77. The maximum absolute atomic E-state index is 13.0. The van der Waals surface area contributed by atoms with Crippen molar-refractivity contribution in [3.05, 3.63) is 88.3 Å². The van der Waals surface area contributed by atoms with Gasteiger partial charge in [0.05, 0.1) is 17.6 Å². The van der Waals surface area contributed by atoms with Crippen LogP contribution < -0.4 is 15.8 Å². The molecule has 0 spiro atoms. The van der Waals surface area contributed by atoms with E-state index in [-0.39, 0.29) is 6.10 Å². The van der Waals surface area contributed by atoms with Crippen LogP contribution in [0, 0.1) is 0 Å². The first-order valence-electron chi connectivity index (χ1n) is 10.2. The normalized spacial score (nSPS) is 16.2. The standard InChI is InChI=1S/C25H28N2O4/c1-15(2)31-25(29)22-17(4)27-16(3)21(24(26)28)23(22)19-12-8-9-13-20(19)30-14-18-10-6-5-7-11-18/h5-13,15,23,27H,14H2,1-4H3,(H2,26,28). The van der Waals surface area contributed by atoms with Gasteiger partial charge in [-0.3, -0.25) is 4.79 Å². The zero-order valence-electron chi connectivity index (χ0n) is 18.3. The van der Waals surface area contributed by atoms with E-state index in [2.05, 4.69) is 5.32 Å². The van der Waals surface area contributed by atoms with Crippen molar-refractivity contribution in [2.24, 2.45) is 5.73 Å². The van der Waals surface area contributed by atoms with Gasteiger partial charge in [-0.05, 0) is 39.3 Å². The van der Waals surface area contributed by atoms with E-state index in [0.717, 1.165) is 5.56 Å². The fourth-order valence-corrected chi connectivity index (χ4v) is 3.77. The fourth-order valence-electron chi connectivity index (χ4n) is 3.77. The largest absolute Gasteiger partial charge is 0.489 e. The lowest BCUT2D eigenvalue weighted by Gasteiger charge is -2.31. The molecule has 0 saturated heterocycles. The summed E-state index contributed by atoms with van der Waals surface area (Å²) in [6.45, 7) is 7.48. The van der Waals surface area contributed by atoms with Crippen LogP contribution in [0.25, 0.3) is 0 Å². The van der Waals surface area contributed by atoms with Gasteiger partial charge in [0, 0.05) is 22.5 Å². The van der Waals surface area contributed by atoms with Gasteiger partial charge < -0.3 is 20.5 Å². The quantitative estimate of drug-likeness (QED) is 0.662. The summed E-state index contributed by atoms with van der Waals surface area (Å²) in [5.74, 6) is -1.21. The van der Waals surface area contributed by atoms with Crippen LogP contribution in [0.15, 0.2) is 77.1 Å². The van der Waals surface area contributed by atoms with Crippen LogP contribution in [0.3, 0.4) is 0 Å². The van der Waals surface area contributed by atoms with Crippen molar-refractivity contribution in [3.63, 3.8) is 0 Å². The molecule has 1 unspecified atom stereocenters. The molecule has 2 aromatic rings. The summed E-state index contributed by atoms with van der Waals surface area (Å²) in [4.78, 5) is 25.5. The number of nitrogens with two attached hydrogens (primary N) is 1. The van der Waals surface area contributed by atoms with Crippen LogP contribution in [0.1, 0.15) is 44.7 Å². The molecule has 0 bridgehead atoms. The minimum atomic E-state index is -0.697. The average Bonchev–Trinajstić information content (AvgIpc) is 2.71. The van der Waals surface area contributed by atoms with E-state index in [0.29, 0.717) is 40.5 Å². The molecule has 1 aliphatic rings. The summed E-state index contributed by atoms with van der Waals surface area (Å²) in [6, 6.07) is 17.2. The second kappa shape index (κ2) is 9.51. The van der Waals surface area contributed by atoms with Gasteiger partial charge in [-0.25, -0.2) is 4.79 Å². The lowest BCUT2D eigenvalue weighted by atomic mass is 9.79. The summed E-state index contributed by atoms with van der Waals surface area (Å²) in [6.07, 6.45) is -0.304. The Kier molecular flexibility index (Phi) is 6.80. The first kappa shape index (κ1) is 22.2. The molecule has 2 aromatic carbocycles. The highest BCUT2D eigenvalue weighted by Crippen LogP contribution is 2.42. The monoisotopic (exact) mass is 420 g/mol. The van der Waals surface area contributed by atoms with Crippen LogP contribution in [-0.2, 0) is 20.9 Å². The summed E-state index contributed by atoms with van der Waals surface area (Å²) in [7, 11) is 0. The molecule has 0 radical (unpaired) electrons. The van der Waals surface area contributed by atoms with Gasteiger partial charge in [0.15, 0.2) is 0 Å². The number of esters is 1. The molecule has 3 rings (SSSR count). The fraction of sp³-hybridized carbons (Fsp3) is 0.280. The number of allylic oxidation sites excluding steroid dienone is 2. The smallest absolute Gasteiger partial charge is 0.337 e. The third-order valence-electron chi connectivity index (χ3n) is 5.06. The van der Waals surface area contributed by atoms with E-state index in [9.17, 15) is 9.59 Å². The van der Waals surface area contributed by atoms with E-state index in [1.54, 1.807) is 27.7 Å². The third-order valence-corrected chi connectivity index (χ3v) is 5.06. The second-order valence-electron chi connectivity index (χ2n) is 7.77. The Hall–Kier alpha value is -3.54. The lowest BCUT2D eigenvalue weighted by Crippen LogP contribution is -2.34. The molecule has 1 heterocycles. The number of hydrogen-bond donors (Lipinski definition) is 2. The number of rotatable bonds is 7. The van der Waals surface area contributed by atoms with Crippen molar-refractivity contribution in [2.75, 3.05) is 0 Å². The summed E-state index contributed by atoms with van der Waals surface area (Å²) >= 11 is 0. The summed E-state index contributed by atoms with van der Waals surface area (Å²) in [5.41, 5.74) is 9.34. The number of dihydropyridines is 1. The predicted molar refractivity (Wildman–Crippen MR) is 119 cm³/mol. The topological polar surface area (TPSA) is 90.7 Å². The van der Waals surface area contributed by atoms with Crippen LogP contribution in [0.4, 0.5) is 0 Å². The van der Waals surface area contributed by atoms with Crippen molar-refractivity contribution in [2.45, 2.75) is 46.3 Å². The Morgan fingerprint density at radius 3 is 2.23 bits per heavy atom. The van der Waals surface area contributed by atoms with Gasteiger partial charge in [0.1, 0.15) is 12.4 Å². The molecule has 1 amide bonds. The average molecular weight is 421 g/mol. The molecule has 0 aliphatic carbocycles. The van der Waals surface area contributed by atoms with Crippen LogP contribution in [0.2, 0.25) is 0 Å². The molecule has 31 heavy (non-hydrogen) atoms. The highest BCUT2D eigenvalue weighted by molar-refractivity contribution is 6.01. The molecular weight excluding hydrogens is 392 g/mol. The van der Waals surface area contributed by atoms with E-state index in [1.165, 1.54) is 0 Å². The van der Waals surface area contributed by atoms with Crippen LogP contribution in [-0.4, -0.2) is 18.0 Å². The highest BCUT2D eigenvalue weighted by Gasteiger charge is 2.38. The Labute approximate surface area is 182 Å². The minimum absolute atomic E-state index is 0.304. The molecule has 1 aliphatic heterocycles. The van der Waals surface area contributed by atoms with E-state index < -0.39 is 17.8 Å². The summed E-state index contributed by atoms with van der Waals surface area (Å²) < 4.78 is 11.6. The van der Waals surface area contributed by atoms with Crippen LogP contribution >= 0.6 is 0 Å². The van der Waals surface area contributed by atoms with Gasteiger partial charge in [0.25, 0.3) is 0 Å². The molecule has 3 N–H and O–H groups in total. The Morgan fingerprint density at radius 1 is 0.968 bits per heavy atom. The number of para-hydroxylation sites is 1. The minimum Gasteiger partial charge on any atom is -0.489 e. The molecule has 1 atom stereocenters. The highest BCUT2D eigenvalue weighted by atomic mass is 16.5. The van der Waals surface area contributed by atoms with E-state index in [4.69, 9.17) is 15.2 Å². The van der Waals surface area contributed by atoms with Crippen molar-refractivity contribution in [1.29, 1.82) is 0 Å². The number of nitrogens with one attached hydrogen (secondary N) is 1. The molecule has 6 heteroatoms. The van der Waals surface area contributed by atoms with Crippen molar-refractivity contribution in [3.8, 4) is 5.75 Å². The first-order valence-corrected chi connectivity index (χ1v) is 10.2. The van der Waals surface area contributed by atoms with Crippen molar-refractivity contribution < 1.29 is 19.1 Å². The molecule has 162 valence electrons. The molecule has 0 saturated carbocycles. The zero-order chi connectivity index (χ0) is 22.5. The van der Waals surface area contributed by atoms with Crippen molar-refractivity contribution in [1.82, 2.24) is 5.32 Å². The number of ether oxygens (including phenoxy) is 2. The number of amides is 1. The Morgan fingerprint density at radius 2 is 1.58 bits per heavy atom. The number of hydrogen-bond acceptors (Lipinski definition) is 5. The van der Waals surface area contributed by atoms with Gasteiger partial charge in [-0.2, -0.15) is 0 Å². The van der Waals surface area contributed by atoms with Gasteiger partial charge >= 0.3 is 5.97 Å². The summed E-state index contributed by atoms with van der Waals surface area (Å²) in [5, 5.41) is 3.11. The molecule has 0 fully saturated rings. The predicted octanol–water partition coefficient (Wildman–Crippen LogP) is 3.94. The zero-order valence-corrected chi connectivity index (χ0v) is 18.3. The first-order chi connectivity index (χ1) is 14.8. The maximum atomic E-state index is 13.0. The lowest BCUT2D eigenvalue weighted by molar-refractivity contribution is -0.143. The molecular formula is C25H28N2O4. The Balaban J connectivity index is 2.08. The van der Waals surface area contributed by atoms with E-state index in [1.807, 2.05) is 54.6 Å². The third kappa shape index (κ3) is 4.97. The Bertz CT molecular complexity index is 1040. The van der Waals surface area contributed by atoms with E-state index >= 15 is 0 Å². The SMILES string of the molecule is CC1=C(C(N)=O)C(c2ccccc2OCc2ccccc2)C(C(=O)OC(C)C)=C(C)N1. The van der Waals surface area contributed by atoms with Crippen LogP contribution in [0.5, 0.6) is 5.75 Å². The maximum Gasteiger partial charge on any atom is 0.337 e. The number of carbonyl (C=O) groups is 2. The number of carbonyl (C=O) groups excluding carboxylic acids is 2. The number of primary amides is 1. The van der Waals surface area contributed by atoms with Crippen molar-refractivity contribution >= 4 is 11.9 Å². The molecule has 6 nitrogen and oxygen atoms in total. The molecule has 0 aromatic heterocycles. The number of benzene rings is 2. The van der Waals surface area contributed by atoms with Gasteiger partial charge in [0.2, 0.25) is 5.91 Å². The van der Waals surface area contributed by atoms with Gasteiger partial charge in [-0.15, -0.1) is 0 Å². The van der Waals surface area contributed by atoms with Gasteiger partial charge in [-0.1, -0.05) is 48.5 Å².